The van der Waals surface area contributed by atoms with Gasteiger partial charge in [-0.3, -0.25) is 4.79 Å². The molecule has 3 heteroatoms. The van der Waals surface area contributed by atoms with E-state index in [1.807, 2.05) is 18.2 Å². The van der Waals surface area contributed by atoms with Crippen LogP contribution in [0, 0.1) is 11.3 Å². The molecule has 0 fully saturated rings. The van der Waals surface area contributed by atoms with Crippen LogP contribution in [0.25, 0.3) is 11.1 Å². The van der Waals surface area contributed by atoms with Gasteiger partial charge in [0.25, 0.3) is 0 Å². The predicted octanol–water partition coefficient (Wildman–Crippen LogP) is 3.80. The quantitative estimate of drug-likeness (QED) is 0.788. The molecule has 2 aromatic carbocycles. The number of nitrogens with zero attached hydrogens (tertiary/aromatic N) is 1. The minimum atomic E-state index is 0.589. The zero-order chi connectivity index (χ0) is 12.3. The standard InChI is InChI=1S/C14H8BrNO/c15-14-6-11(8-16)5-13(7-14)12-3-1-2-10(4-12)9-17/h1-7,9H. The third-order valence-corrected chi connectivity index (χ3v) is 2.84. The topological polar surface area (TPSA) is 40.9 Å². The summed E-state index contributed by atoms with van der Waals surface area (Å²) in [5.41, 5.74) is 3.05. The normalized spacial score (nSPS) is 9.65. The van der Waals surface area contributed by atoms with Gasteiger partial charge >= 0.3 is 0 Å². The first-order chi connectivity index (χ1) is 8.22. The van der Waals surface area contributed by atoms with Gasteiger partial charge in [-0.05, 0) is 35.4 Å². The van der Waals surface area contributed by atoms with E-state index in [0.717, 1.165) is 21.9 Å². The van der Waals surface area contributed by atoms with Crippen molar-refractivity contribution in [2.45, 2.75) is 0 Å². The van der Waals surface area contributed by atoms with E-state index in [1.54, 1.807) is 24.3 Å². The zero-order valence-electron chi connectivity index (χ0n) is 8.85. The summed E-state index contributed by atoms with van der Waals surface area (Å²) in [4.78, 5) is 10.7. The van der Waals surface area contributed by atoms with E-state index in [2.05, 4.69) is 22.0 Å². The maximum atomic E-state index is 10.7. The largest absolute Gasteiger partial charge is 0.298 e. The van der Waals surface area contributed by atoms with Gasteiger partial charge in [0.15, 0.2) is 0 Å². The van der Waals surface area contributed by atoms with Crippen molar-refractivity contribution in [1.82, 2.24) is 0 Å². The molecule has 0 aliphatic rings. The number of hydrogen-bond donors (Lipinski definition) is 0. The number of carbonyl (C=O) groups excluding carboxylic acids is 1. The molecule has 0 unspecified atom stereocenters. The molecule has 0 radical (unpaired) electrons. The highest BCUT2D eigenvalue weighted by atomic mass is 79.9. The molecule has 0 aliphatic heterocycles. The van der Waals surface area contributed by atoms with Crippen molar-refractivity contribution >= 4 is 22.2 Å². The first kappa shape index (κ1) is 11.6. The van der Waals surface area contributed by atoms with Gasteiger partial charge in [0, 0.05) is 10.0 Å². The van der Waals surface area contributed by atoms with E-state index in [-0.39, 0.29) is 0 Å². The molecule has 0 spiro atoms. The predicted molar refractivity (Wildman–Crippen MR) is 69.7 cm³/mol. The van der Waals surface area contributed by atoms with Crippen molar-refractivity contribution in [3.05, 3.63) is 58.1 Å². The molecule has 0 aliphatic carbocycles. The van der Waals surface area contributed by atoms with Gasteiger partial charge in [0.2, 0.25) is 0 Å². The molecule has 0 atom stereocenters. The van der Waals surface area contributed by atoms with E-state index in [9.17, 15) is 4.79 Å². The summed E-state index contributed by atoms with van der Waals surface area (Å²) in [7, 11) is 0. The number of rotatable bonds is 2. The van der Waals surface area contributed by atoms with Gasteiger partial charge in [-0.2, -0.15) is 5.26 Å². The molecule has 0 N–H and O–H groups in total. The van der Waals surface area contributed by atoms with E-state index >= 15 is 0 Å². The van der Waals surface area contributed by atoms with Crippen molar-refractivity contribution in [1.29, 1.82) is 5.26 Å². The maximum Gasteiger partial charge on any atom is 0.150 e. The van der Waals surface area contributed by atoms with Gasteiger partial charge in [0.05, 0.1) is 11.6 Å². The molecule has 0 saturated carbocycles. The Hall–Kier alpha value is -1.92. The molecule has 2 aromatic rings. The highest BCUT2D eigenvalue weighted by molar-refractivity contribution is 9.10. The Kier molecular flexibility index (Phi) is 3.36. The molecule has 17 heavy (non-hydrogen) atoms. The van der Waals surface area contributed by atoms with Crippen LogP contribution in [0.15, 0.2) is 46.9 Å². The second-order valence-electron chi connectivity index (χ2n) is 3.58. The molecular formula is C14H8BrNO. The van der Waals surface area contributed by atoms with Gasteiger partial charge in [-0.1, -0.05) is 34.1 Å². The molecule has 0 heterocycles. The molecule has 2 rings (SSSR count). The average molecular weight is 286 g/mol. The van der Waals surface area contributed by atoms with Crippen LogP contribution in [0.1, 0.15) is 15.9 Å². The Morgan fingerprint density at radius 2 is 1.94 bits per heavy atom. The van der Waals surface area contributed by atoms with Gasteiger partial charge in [-0.25, -0.2) is 0 Å². The smallest absolute Gasteiger partial charge is 0.150 e. The van der Waals surface area contributed by atoms with Crippen molar-refractivity contribution in [2.75, 3.05) is 0 Å². The molecule has 0 amide bonds. The van der Waals surface area contributed by atoms with Crippen molar-refractivity contribution in [2.24, 2.45) is 0 Å². The van der Waals surface area contributed by atoms with Gasteiger partial charge in [0.1, 0.15) is 6.29 Å². The molecule has 0 aromatic heterocycles. The van der Waals surface area contributed by atoms with E-state index in [0.29, 0.717) is 11.1 Å². The first-order valence-electron chi connectivity index (χ1n) is 4.99. The molecule has 2 nitrogen and oxygen atoms in total. The van der Waals surface area contributed by atoms with Crippen molar-refractivity contribution < 1.29 is 4.79 Å². The zero-order valence-corrected chi connectivity index (χ0v) is 10.4. The monoisotopic (exact) mass is 285 g/mol. The Labute approximate surface area is 108 Å². The summed E-state index contributed by atoms with van der Waals surface area (Å²) in [6, 6.07) is 14.9. The lowest BCUT2D eigenvalue weighted by molar-refractivity contribution is 0.112. The summed E-state index contributed by atoms with van der Waals surface area (Å²) in [6.07, 6.45) is 0.812. The summed E-state index contributed by atoms with van der Waals surface area (Å²) in [5.74, 6) is 0. The van der Waals surface area contributed by atoms with Crippen LogP contribution < -0.4 is 0 Å². The number of hydrogen-bond acceptors (Lipinski definition) is 2. The summed E-state index contributed by atoms with van der Waals surface area (Å²) in [5, 5.41) is 8.91. The van der Waals surface area contributed by atoms with Crippen LogP contribution in [0.4, 0.5) is 0 Å². The van der Waals surface area contributed by atoms with E-state index in [4.69, 9.17) is 5.26 Å². The number of carbonyl (C=O) groups is 1. The van der Waals surface area contributed by atoms with Crippen LogP contribution in [0.5, 0.6) is 0 Å². The minimum Gasteiger partial charge on any atom is -0.298 e. The first-order valence-corrected chi connectivity index (χ1v) is 5.78. The molecule has 0 bridgehead atoms. The Balaban J connectivity index is 2.56. The highest BCUT2D eigenvalue weighted by Gasteiger charge is 2.02. The fourth-order valence-electron chi connectivity index (χ4n) is 1.61. The summed E-state index contributed by atoms with van der Waals surface area (Å²) < 4.78 is 0.850. The summed E-state index contributed by atoms with van der Waals surface area (Å²) in [6.45, 7) is 0. The van der Waals surface area contributed by atoms with Crippen LogP contribution in [0.3, 0.4) is 0 Å². The Morgan fingerprint density at radius 1 is 1.12 bits per heavy atom. The fourth-order valence-corrected chi connectivity index (χ4v) is 2.11. The number of benzene rings is 2. The van der Waals surface area contributed by atoms with Gasteiger partial charge < -0.3 is 0 Å². The number of aldehydes is 1. The number of nitriles is 1. The average Bonchev–Trinajstić information content (AvgIpc) is 2.38. The third kappa shape index (κ3) is 2.61. The van der Waals surface area contributed by atoms with Crippen molar-refractivity contribution in [3.63, 3.8) is 0 Å². The lowest BCUT2D eigenvalue weighted by atomic mass is 10.0. The fraction of sp³-hybridized carbons (Fsp3) is 0. The lowest BCUT2D eigenvalue weighted by Gasteiger charge is -2.04. The van der Waals surface area contributed by atoms with Crippen LogP contribution >= 0.6 is 15.9 Å². The lowest BCUT2D eigenvalue weighted by Crippen LogP contribution is -1.84. The SMILES string of the molecule is N#Cc1cc(Br)cc(-c2cccc(C=O)c2)c1. The molecule has 0 saturated heterocycles. The Morgan fingerprint density at radius 3 is 2.65 bits per heavy atom. The van der Waals surface area contributed by atoms with Crippen LogP contribution in [-0.2, 0) is 0 Å². The Bertz CT molecular complexity index is 614. The van der Waals surface area contributed by atoms with Crippen molar-refractivity contribution in [3.8, 4) is 17.2 Å². The molecular weight excluding hydrogens is 278 g/mol. The third-order valence-electron chi connectivity index (χ3n) is 2.38. The maximum absolute atomic E-state index is 10.7. The van der Waals surface area contributed by atoms with Gasteiger partial charge in [-0.15, -0.1) is 0 Å². The second-order valence-corrected chi connectivity index (χ2v) is 4.50. The van der Waals surface area contributed by atoms with Crippen LogP contribution in [-0.4, -0.2) is 6.29 Å². The highest BCUT2D eigenvalue weighted by Crippen LogP contribution is 2.25. The second kappa shape index (κ2) is 4.94. The summed E-state index contributed by atoms with van der Waals surface area (Å²) >= 11 is 3.37. The minimum absolute atomic E-state index is 0.589. The molecule has 82 valence electrons. The van der Waals surface area contributed by atoms with Crippen LogP contribution in [0.2, 0.25) is 0 Å². The van der Waals surface area contributed by atoms with E-state index in [1.165, 1.54) is 0 Å². The van der Waals surface area contributed by atoms with E-state index < -0.39 is 0 Å². The number of halogens is 1.